The molecule has 0 saturated heterocycles. The average Bonchev–Trinajstić information content (AvgIpc) is 2.71. The number of H-pyrrole nitrogens is 1. The number of methoxy groups -OCH3 is 1. The van der Waals surface area contributed by atoms with Crippen LogP contribution in [0.1, 0.15) is 43.0 Å². The Morgan fingerprint density at radius 3 is 2.58 bits per heavy atom. The molecule has 0 radical (unpaired) electrons. The van der Waals surface area contributed by atoms with Crippen LogP contribution in [0.5, 0.6) is 5.75 Å². The van der Waals surface area contributed by atoms with Crippen LogP contribution in [0.4, 0.5) is 18.9 Å². The maximum Gasteiger partial charge on any atom is 0.419 e. The first-order valence-electron chi connectivity index (χ1n) is 10.4. The van der Waals surface area contributed by atoms with Gasteiger partial charge in [-0.3, -0.25) is 4.79 Å². The summed E-state index contributed by atoms with van der Waals surface area (Å²) in [6.45, 7) is 4.95. The molecule has 1 aliphatic carbocycles. The summed E-state index contributed by atoms with van der Waals surface area (Å²) in [5.41, 5.74) is -2.40. The van der Waals surface area contributed by atoms with E-state index in [-0.39, 0.29) is 11.1 Å². The Morgan fingerprint density at radius 2 is 1.94 bits per heavy atom. The zero-order valence-electron chi connectivity index (χ0n) is 18.5. The normalized spacial score (nSPS) is 22.2. The van der Waals surface area contributed by atoms with Crippen LogP contribution in [-0.4, -0.2) is 29.0 Å². The van der Waals surface area contributed by atoms with Gasteiger partial charge in [0.1, 0.15) is 5.75 Å². The molecule has 1 aliphatic rings. The van der Waals surface area contributed by atoms with Crippen LogP contribution in [0, 0.1) is 6.92 Å². The van der Waals surface area contributed by atoms with Crippen LogP contribution < -0.4 is 15.6 Å². The van der Waals surface area contributed by atoms with Crippen molar-refractivity contribution in [1.82, 2.24) is 4.98 Å². The number of aryl methyl sites for hydroxylation is 1. The van der Waals surface area contributed by atoms with Gasteiger partial charge < -0.3 is 20.1 Å². The van der Waals surface area contributed by atoms with Gasteiger partial charge in [0, 0.05) is 22.7 Å². The molecule has 9 heteroatoms. The summed E-state index contributed by atoms with van der Waals surface area (Å²) in [5, 5.41) is 15.0. The molecule has 1 heterocycles. The summed E-state index contributed by atoms with van der Waals surface area (Å²) in [5.74, 6) is 0.301. The van der Waals surface area contributed by atoms with Crippen molar-refractivity contribution in [2.45, 2.75) is 50.4 Å². The molecule has 0 bridgehead atoms. The van der Waals surface area contributed by atoms with Crippen LogP contribution in [0.2, 0.25) is 5.02 Å². The van der Waals surface area contributed by atoms with E-state index in [0.29, 0.717) is 38.5 Å². The number of aromatic amines is 1. The molecule has 3 aromatic rings. The number of aromatic nitrogens is 1. The van der Waals surface area contributed by atoms with Crippen LogP contribution in [0.3, 0.4) is 0 Å². The van der Waals surface area contributed by atoms with E-state index in [9.17, 15) is 23.1 Å². The van der Waals surface area contributed by atoms with Gasteiger partial charge in [0.2, 0.25) is 5.56 Å². The Kier molecular flexibility index (Phi) is 5.45. The van der Waals surface area contributed by atoms with E-state index in [1.54, 1.807) is 45.0 Å². The molecular formula is C24H24ClF3N2O3. The van der Waals surface area contributed by atoms with Crippen LogP contribution in [0.15, 0.2) is 41.2 Å². The highest BCUT2D eigenvalue weighted by molar-refractivity contribution is 6.33. The van der Waals surface area contributed by atoms with Crippen molar-refractivity contribution < 1.29 is 23.0 Å². The Bertz CT molecular complexity index is 1300. The maximum atomic E-state index is 14.5. The lowest BCUT2D eigenvalue weighted by Crippen LogP contribution is -2.58. The fourth-order valence-electron chi connectivity index (χ4n) is 4.96. The topological polar surface area (TPSA) is 74.3 Å². The smallest absolute Gasteiger partial charge is 0.419 e. The molecule has 0 aliphatic heterocycles. The molecule has 5 nitrogen and oxygen atoms in total. The van der Waals surface area contributed by atoms with Crippen LogP contribution in [0.25, 0.3) is 10.9 Å². The van der Waals surface area contributed by atoms with Crippen molar-refractivity contribution in [3.05, 3.63) is 68.5 Å². The number of benzene rings is 2. The van der Waals surface area contributed by atoms with Gasteiger partial charge in [0.25, 0.3) is 0 Å². The van der Waals surface area contributed by atoms with Crippen molar-refractivity contribution in [2.24, 2.45) is 0 Å². The molecule has 2 aromatic carbocycles. The summed E-state index contributed by atoms with van der Waals surface area (Å²) in [7, 11) is 1.42. The number of ether oxygens (including phenoxy) is 1. The first-order valence-corrected chi connectivity index (χ1v) is 10.7. The Balaban J connectivity index is 2.01. The minimum absolute atomic E-state index is 0.256. The Morgan fingerprint density at radius 1 is 1.24 bits per heavy atom. The van der Waals surface area contributed by atoms with Crippen molar-refractivity contribution in [2.75, 3.05) is 12.4 Å². The SMILES string of the molecule is COc1c(Cl)c(C)cc2c1C(C)(C)CC(O)(C(F)(F)F)C2Nc1cccc2[nH]c(=O)ccc12. The van der Waals surface area contributed by atoms with Gasteiger partial charge in [-0.2, -0.15) is 13.2 Å². The second-order valence-corrected chi connectivity index (χ2v) is 9.53. The van der Waals surface area contributed by atoms with Crippen LogP contribution in [-0.2, 0) is 5.41 Å². The van der Waals surface area contributed by atoms with E-state index in [1.165, 1.54) is 19.2 Å². The number of fused-ring (bicyclic) bond motifs is 2. The molecule has 2 unspecified atom stereocenters. The standard InChI is InChI=1S/C24H24ClF3N2O3/c1-12-10-14-18(20(33-4)19(12)25)22(2,3)11-23(32,24(26,27)28)21(14)30-16-7-5-6-15-13(16)8-9-17(31)29-15/h5-10,21,30,32H,11H2,1-4H3,(H,29,31). The number of alkyl halides is 3. The van der Waals surface area contributed by atoms with Gasteiger partial charge in [-0.25, -0.2) is 0 Å². The highest BCUT2D eigenvalue weighted by atomic mass is 35.5. The maximum absolute atomic E-state index is 14.5. The van der Waals surface area contributed by atoms with E-state index < -0.39 is 29.7 Å². The third kappa shape index (κ3) is 3.65. The van der Waals surface area contributed by atoms with Gasteiger partial charge in [0.05, 0.1) is 23.7 Å². The van der Waals surface area contributed by atoms with Gasteiger partial charge in [0.15, 0.2) is 5.60 Å². The highest BCUT2D eigenvalue weighted by Crippen LogP contribution is 2.57. The number of hydrogen-bond acceptors (Lipinski definition) is 4. The zero-order valence-corrected chi connectivity index (χ0v) is 19.3. The number of rotatable bonds is 3. The molecule has 0 saturated carbocycles. The first-order chi connectivity index (χ1) is 15.3. The van der Waals surface area contributed by atoms with Gasteiger partial charge in [-0.15, -0.1) is 0 Å². The zero-order chi connectivity index (χ0) is 24.3. The number of pyridine rings is 1. The number of anilines is 1. The van der Waals surface area contributed by atoms with E-state index >= 15 is 0 Å². The van der Waals surface area contributed by atoms with E-state index in [0.717, 1.165) is 0 Å². The molecule has 0 spiro atoms. The second kappa shape index (κ2) is 7.67. The van der Waals surface area contributed by atoms with Gasteiger partial charge in [-0.05, 0) is 48.1 Å². The highest BCUT2D eigenvalue weighted by Gasteiger charge is 2.64. The molecule has 3 N–H and O–H groups in total. The fraction of sp³-hybridized carbons (Fsp3) is 0.375. The molecule has 33 heavy (non-hydrogen) atoms. The summed E-state index contributed by atoms with van der Waals surface area (Å²) in [4.78, 5) is 14.4. The third-order valence-electron chi connectivity index (χ3n) is 6.37. The van der Waals surface area contributed by atoms with Crippen molar-refractivity contribution in [3.8, 4) is 5.75 Å². The van der Waals surface area contributed by atoms with E-state index in [2.05, 4.69) is 10.3 Å². The molecular weight excluding hydrogens is 457 g/mol. The average molecular weight is 481 g/mol. The Labute approximate surface area is 193 Å². The Hall–Kier alpha value is -2.71. The quantitative estimate of drug-likeness (QED) is 0.454. The third-order valence-corrected chi connectivity index (χ3v) is 6.84. The molecule has 176 valence electrons. The predicted octanol–water partition coefficient (Wildman–Crippen LogP) is 5.63. The summed E-state index contributed by atoms with van der Waals surface area (Å²) in [6, 6.07) is 7.73. The lowest BCUT2D eigenvalue weighted by Gasteiger charge is -2.49. The molecule has 1 aromatic heterocycles. The monoisotopic (exact) mass is 480 g/mol. The van der Waals surface area contributed by atoms with Crippen LogP contribution >= 0.6 is 11.6 Å². The minimum Gasteiger partial charge on any atom is -0.495 e. The van der Waals surface area contributed by atoms with Crippen molar-refractivity contribution in [3.63, 3.8) is 0 Å². The molecule has 0 amide bonds. The first kappa shape index (κ1) is 23.4. The molecule has 4 rings (SSSR count). The molecule has 2 atom stereocenters. The number of halogens is 4. The fourth-order valence-corrected chi connectivity index (χ4v) is 5.18. The lowest BCUT2D eigenvalue weighted by atomic mass is 9.63. The minimum atomic E-state index is -4.93. The predicted molar refractivity (Wildman–Crippen MR) is 122 cm³/mol. The number of nitrogens with one attached hydrogen (secondary N) is 2. The van der Waals surface area contributed by atoms with Gasteiger partial charge in [-0.1, -0.05) is 37.6 Å². The summed E-state index contributed by atoms with van der Waals surface area (Å²) < 4.78 is 48.9. The number of hydrogen-bond donors (Lipinski definition) is 3. The number of aliphatic hydroxyl groups is 1. The van der Waals surface area contributed by atoms with Crippen molar-refractivity contribution in [1.29, 1.82) is 0 Å². The van der Waals surface area contributed by atoms with E-state index in [1.807, 2.05) is 0 Å². The largest absolute Gasteiger partial charge is 0.495 e. The summed E-state index contributed by atoms with van der Waals surface area (Å²) in [6.07, 6.45) is -5.54. The lowest BCUT2D eigenvalue weighted by molar-refractivity contribution is -0.275. The van der Waals surface area contributed by atoms with E-state index in [4.69, 9.17) is 16.3 Å². The van der Waals surface area contributed by atoms with Crippen molar-refractivity contribution >= 4 is 28.2 Å². The second-order valence-electron chi connectivity index (χ2n) is 9.15. The van der Waals surface area contributed by atoms with Gasteiger partial charge >= 0.3 is 6.18 Å². The molecule has 0 fully saturated rings. The summed E-state index contributed by atoms with van der Waals surface area (Å²) >= 11 is 6.46.